The second-order valence-corrected chi connectivity index (χ2v) is 7.21. The fourth-order valence-electron chi connectivity index (χ4n) is 2.47. The molecule has 0 aliphatic rings. The quantitative estimate of drug-likeness (QED) is 0.773. The van der Waals surface area contributed by atoms with Crippen molar-refractivity contribution in [2.45, 2.75) is 25.3 Å². The summed E-state index contributed by atoms with van der Waals surface area (Å²) in [5.74, 6) is -0.0985. The summed E-state index contributed by atoms with van der Waals surface area (Å²) in [5.41, 5.74) is 1.56. The lowest BCUT2D eigenvalue weighted by atomic mass is 9.84. The topological polar surface area (TPSA) is 59.0 Å². The van der Waals surface area contributed by atoms with Crippen LogP contribution in [0.1, 0.15) is 31.0 Å². The highest BCUT2D eigenvalue weighted by atomic mass is 35.5. The SMILES string of the molecule is CNC(C(=O)NCC(C)(C)c1ccc(Cl)c(Cl)c1)c1cnn(C)c1.Cl. The van der Waals surface area contributed by atoms with Gasteiger partial charge in [-0.15, -0.1) is 12.4 Å². The summed E-state index contributed by atoms with van der Waals surface area (Å²) >= 11 is 12.1. The van der Waals surface area contributed by atoms with Gasteiger partial charge in [-0.05, 0) is 24.7 Å². The molecule has 2 rings (SSSR count). The van der Waals surface area contributed by atoms with Crippen LogP contribution >= 0.6 is 35.6 Å². The number of aryl methyl sites for hydroxylation is 1. The maximum atomic E-state index is 12.5. The predicted octanol–water partition coefficient (Wildman–Crippen LogP) is 3.50. The number of halogens is 3. The van der Waals surface area contributed by atoms with Crippen molar-refractivity contribution >= 4 is 41.5 Å². The zero-order chi connectivity index (χ0) is 17.9. The van der Waals surface area contributed by atoms with E-state index in [1.165, 1.54) is 0 Å². The number of amides is 1. The average Bonchev–Trinajstić information content (AvgIpc) is 2.95. The highest BCUT2D eigenvalue weighted by Crippen LogP contribution is 2.29. The van der Waals surface area contributed by atoms with Gasteiger partial charge >= 0.3 is 0 Å². The predicted molar refractivity (Wildman–Crippen MR) is 105 cm³/mol. The maximum Gasteiger partial charge on any atom is 0.241 e. The van der Waals surface area contributed by atoms with Gasteiger partial charge < -0.3 is 10.6 Å². The molecule has 0 aliphatic heterocycles. The van der Waals surface area contributed by atoms with Gasteiger partial charge in [0.05, 0.1) is 16.2 Å². The summed E-state index contributed by atoms with van der Waals surface area (Å²) in [6, 6.07) is 5.10. The molecule has 25 heavy (non-hydrogen) atoms. The van der Waals surface area contributed by atoms with Gasteiger partial charge in [-0.2, -0.15) is 5.10 Å². The van der Waals surface area contributed by atoms with Gasteiger partial charge in [0.2, 0.25) is 5.91 Å². The molecule has 1 aromatic heterocycles. The van der Waals surface area contributed by atoms with Gasteiger partial charge in [0.15, 0.2) is 0 Å². The Labute approximate surface area is 164 Å². The van der Waals surface area contributed by atoms with Crippen LogP contribution < -0.4 is 10.6 Å². The summed E-state index contributed by atoms with van der Waals surface area (Å²) in [4.78, 5) is 12.5. The molecule has 2 N–H and O–H groups in total. The first-order valence-corrected chi connectivity index (χ1v) is 8.39. The summed E-state index contributed by atoms with van der Waals surface area (Å²) < 4.78 is 1.67. The Morgan fingerprint density at radius 2 is 2.00 bits per heavy atom. The fourth-order valence-corrected chi connectivity index (χ4v) is 2.77. The number of benzene rings is 1. The van der Waals surface area contributed by atoms with Crippen molar-refractivity contribution in [2.75, 3.05) is 13.6 Å². The molecule has 1 heterocycles. The van der Waals surface area contributed by atoms with Crippen molar-refractivity contribution in [1.82, 2.24) is 20.4 Å². The summed E-state index contributed by atoms with van der Waals surface area (Å²) in [6.45, 7) is 4.57. The van der Waals surface area contributed by atoms with E-state index in [2.05, 4.69) is 15.7 Å². The van der Waals surface area contributed by atoms with Crippen LogP contribution in [0.2, 0.25) is 10.0 Å². The van der Waals surface area contributed by atoms with E-state index in [9.17, 15) is 4.79 Å². The van der Waals surface area contributed by atoms with E-state index in [-0.39, 0.29) is 23.7 Å². The first kappa shape index (κ1) is 21.8. The third-order valence-electron chi connectivity index (χ3n) is 4.01. The molecule has 1 unspecified atom stereocenters. The van der Waals surface area contributed by atoms with Gasteiger partial charge in [0, 0.05) is 30.8 Å². The van der Waals surface area contributed by atoms with Crippen molar-refractivity contribution in [3.05, 3.63) is 51.8 Å². The molecule has 0 bridgehead atoms. The van der Waals surface area contributed by atoms with E-state index < -0.39 is 6.04 Å². The van der Waals surface area contributed by atoms with Crippen LogP contribution in [0.5, 0.6) is 0 Å². The van der Waals surface area contributed by atoms with Crippen molar-refractivity contribution in [1.29, 1.82) is 0 Å². The van der Waals surface area contributed by atoms with E-state index >= 15 is 0 Å². The number of rotatable bonds is 6. The second kappa shape index (κ2) is 8.90. The number of hydrogen-bond donors (Lipinski definition) is 2. The van der Waals surface area contributed by atoms with Crippen LogP contribution in [0, 0.1) is 0 Å². The number of nitrogens with zero attached hydrogens (tertiary/aromatic N) is 2. The van der Waals surface area contributed by atoms with Gasteiger partial charge in [0.1, 0.15) is 6.04 Å². The van der Waals surface area contributed by atoms with E-state index in [0.29, 0.717) is 16.6 Å². The molecular weight excluding hydrogens is 383 g/mol. The Bertz CT molecular complexity index is 730. The molecule has 0 saturated heterocycles. The van der Waals surface area contributed by atoms with Gasteiger partial charge in [-0.1, -0.05) is 43.1 Å². The number of carbonyl (C=O) groups is 1. The van der Waals surface area contributed by atoms with Crippen molar-refractivity contribution < 1.29 is 4.79 Å². The smallest absolute Gasteiger partial charge is 0.241 e. The van der Waals surface area contributed by atoms with Crippen LogP contribution in [0.4, 0.5) is 0 Å². The van der Waals surface area contributed by atoms with Crippen LogP contribution in [0.3, 0.4) is 0 Å². The number of nitrogens with one attached hydrogen (secondary N) is 2. The maximum absolute atomic E-state index is 12.5. The highest BCUT2D eigenvalue weighted by molar-refractivity contribution is 6.42. The van der Waals surface area contributed by atoms with Gasteiger partial charge in [-0.3, -0.25) is 9.48 Å². The lowest BCUT2D eigenvalue weighted by molar-refractivity contribution is -0.123. The van der Waals surface area contributed by atoms with Crippen LogP contribution in [0.25, 0.3) is 0 Å². The van der Waals surface area contributed by atoms with Gasteiger partial charge in [0.25, 0.3) is 0 Å². The molecule has 8 heteroatoms. The third-order valence-corrected chi connectivity index (χ3v) is 4.75. The Morgan fingerprint density at radius 3 is 2.52 bits per heavy atom. The summed E-state index contributed by atoms with van der Waals surface area (Å²) in [6.07, 6.45) is 3.51. The molecule has 0 saturated carbocycles. The number of carbonyl (C=O) groups excluding carboxylic acids is 1. The largest absolute Gasteiger partial charge is 0.354 e. The second-order valence-electron chi connectivity index (χ2n) is 6.40. The molecule has 2 aromatic rings. The molecule has 138 valence electrons. The lowest BCUT2D eigenvalue weighted by Crippen LogP contribution is -2.42. The molecule has 0 spiro atoms. The minimum absolute atomic E-state index is 0. The normalized spacial score (nSPS) is 12.4. The molecule has 1 amide bonds. The monoisotopic (exact) mass is 404 g/mol. The lowest BCUT2D eigenvalue weighted by Gasteiger charge is -2.27. The zero-order valence-corrected chi connectivity index (χ0v) is 17.0. The Kier molecular flexibility index (Phi) is 7.75. The molecule has 1 atom stereocenters. The standard InChI is InChI=1S/C17H22Cl2N4O.ClH/c1-17(2,12-5-6-13(18)14(19)7-12)10-21-16(24)15(20-3)11-8-22-23(4)9-11;/h5-9,15,20H,10H2,1-4H3,(H,21,24);1H. The minimum Gasteiger partial charge on any atom is -0.354 e. The Balaban J connectivity index is 0.00000312. The van der Waals surface area contributed by atoms with E-state index in [0.717, 1.165) is 11.1 Å². The Hall–Kier alpha value is -1.27. The Morgan fingerprint density at radius 1 is 1.32 bits per heavy atom. The van der Waals surface area contributed by atoms with Gasteiger partial charge in [-0.25, -0.2) is 0 Å². The molecule has 0 fully saturated rings. The van der Waals surface area contributed by atoms with Crippen molar-refractivity contribution in [3.8, 4) is 0 Å². The fraction of sp³-hybridized carbons (Fsp3) is 0.412. The molecular formula is C17H23Cl3N4O. The first-order valence-electron chi connectivity index (χ1n) is 7.63. The van der Waals surface area contributed by atoms with Crippen molar-refractivity contribution in [2.24, 2.45) is 7.05 Å². The summed E-state index contributed by atoms with van der Waals surface area (Å²) in [7, 11) is 3.57. The molecule has 1 aromatic carbocycles. The number of aromatic nitrogens is 2. The first-order chi connectivity index (χ1) is 11.2. The van der Waals surface area contributed by atoms with Crippen LogP contribution in [0.15, 0.2) is 30.6 Å². The zero-order valence-electron chi connectivity index (χ0n) is 14.6. The highest BCUT2D eigenvalue weighted by Gasteiger charge is 2.25. The minimum atomic E-state index is -0.441. The average molecular weight is 406 g/mol. The molecule has 0 radical (unpaired) electrons. The molecule has 5 nitrogen and oxygen atoms in total. The van der Waals surface area contributed by atoms with E-state index in [1.54, 1.807) is 24.0 Å². The summed E-state index contributed by atoms with van der Waals surface area (Å²) in [5, 5.41) is 11.2. The third kappa shape index (κ3) is 5.35. The van der Waals surface area contributed by atoms with E-state index in [4.69, 9.17) is 23.2 Å². The number of likely N-dealkylation sites (N-methyl/N-ethyl adjacent to an activating group) is 1. The van der Waals surface area contributed by atoms with Crippen LogP contribution in [-0.2, 0) is 17.3 Å². The number of hydrogen-bond acceptors (Lipinski definition) is 3. The molecule has 0 aliphatic carbocycles. The van der Waals surface area contributed by atoms with Crippen molar-refractivity contribution in [3.63, 3.8) is 0 Å². The van der Waals surface area contributed by atoms with Crippen LogP contribution in [-0.4, -0.2) is 29.3 Å². The van der Waals surface area contributed by atoms with E-state index in [1.807, 2.05) is 39.2 Å².